The van der Waals surface area contributed by atoms with Gasteiger partial charge in [0, 0.05) is 42.4 Å². The summed E-state index contributed by atoms with van der Waals surface area (Å²) in [6.07, 6.45) is 5.59. The molecule has 0 saturated heterocycles. The van der Waals surface area contributed by atoms with Gasteiger partial charge in [0.15, 0.2) is 5.65 Å². The lowest BCUT2D eigenvalue weighted by Gasteiger charge is -2.03. The third-order valence-electron chi connectivity index (χ3n) is 4.38. The molecule has 4 aromatic rings. The molecule has 0 bridgehead atoms. The van der Waals surface area contributed by atoms with E-state index in [9.17, 15) is 4.79 Å². The molecule has 8 heteroatoms. The van der Waals surface area contributed by atoms with Crippen molar-refractivity contribution in [1.29, 1.82) is 0 Å². The van der Waals surface area contributed by atoms with Crippen molar-refractivity contribution in [1.82, 2.24) is 29.5 Å². The van der Waals surface area contributed by atoms with Gasteiger partial charge in [-0.25, -0.2) is 4.52 Å². The second kappa shape index (κ2) is 7.36. The number of nitrogens with zero attached hydrogens (tertiary/aromatic N) is 5. The second-order valence-electron chi connectivity index (χ2n) is 6.32. The van der Waals surface area contributed by atoms with Gasteiger partial charge in [-0.3, -0.25) is 9.20 Å². The van der Waals surface area contributed by atoms with Crippen LogP contribution in [0.15, 0.2) is 42.7 Å². The molecule has 3 heterocycles. The lowest BCUT2D eigenvalue weighted by molar-refractivity contribution is -0.121. The monoisotopic (exact) mass is 382 g/mol. The van der Waals surface area contributed by atoms with Crippen LogP contribution in [0.2, 0.25) is 5.02 Å². The Balaban J connectivity index is 1.63. The van der Waals surface area contributed by atoms with Crippen molar-refractivity contribution in [2.75, 3.05) is 6.54 Å². The van der Waals surface area contributed by atoms with E-state index in [1.54, 1.807) is 4.52 Å². The van der Waals surface area contributed by atoms with Crippen LogP contribution < -0.4 is 5.32 Å². The molecule has 4 rings (SSSR count). The van der Waals surface area contributed by atoms with Gasteiger partial charge in [0.25, 0.3) is 0 Å². The van der Waals surface area contributed by atoms with Gasteiger partial charge in [-0.15, -0.1) is 10.2 Å². The Bertz CT molecular complexity index is 1100. The molecule has 0 aliphatic rings. The summed E-state index contributed by atoms with van der Waals surface area (Å²) in [6, 6.07) is 9.53. The Morgan fingerprint density at radius 2 is 2.00 bits per heavy atom. The van der Waals surface area contributed by atoms with Crippen LogP contribution in [0.25, 0.3) is 22.4 Å². The summed E-state index contributed by atoms with van der Waals surface area (Å²) in [6.45, 7) is 2.73. The van der Waals surface area contributed by atoms with Gasteiger partial charge in [-0.2, -0.15) is 5.10 Å². The van der Waals surface area contributed by atoms with Crippen molar-refractivity contribution in [3.63, 3.8) is 0 Å². The number of aromatic nitrogens is 5. The minimum atomic E-state index is 0.0315. The molecule has 138 valence electrons. The fourth-order valence-corrected chi connectivity index (χ4v) is 3.10. The van der Waals surface area contributed by atoms with E-state index in [1.165, 1.54) is 0 Å². The Morgan fingerprint density at radius 3 is 2.78 bits per heavy atom. The molecule has 1 amide bonds. The number of fused-ring (bicyclic) bond motifs is 3. The number of amides is 1. The molecule has 0 atom stereocenters. The molecule has 0 fully saturated rings. The van der Waals surface area contributed by atoms with Crippen LogP contribution >= 0.6 is 11.6 Å². The largest absolute Gasteiger partial charge is 0.356 e. The molecule has 0 radical (unpaired) electrons. The summed E-state index contributed by atoms with van der Waals surface area (Å²) in [7, 11) is 0. The molecule has 7 nitrogen and oxygen atoms in total. The molecule has 0 aliphatic heterocycles. The predicted molar refractivity (Wildman–Crippen MR) is 104 cm³/mol. The first-order valence-electron chi connectivity index (χ1n) is 8.90. The Labute approximate surface area is 161 Å². The van der Waals surface area contributed by atoms with Gasteiger partial charge < -0.3 is 5.32 Å². The third kappa shape index (κ3) is 3.50. The summed E-state index contributed by atoms with van der Waals surface area (Å²) in [5, 5.41) is 16.7. The number of carbonyl (C=O) groups excluding carboxylic acids is 1. The van der Waals surface area contributed by atoms with Crippen molar-refractivity contribution >= 4 is 28.7 Å². The number of nitrogens with one attached hydrogen (secondary N) is 1. The zero-order valence-electron chi connectivity index (χ0n) is 14.9. The first-order chi connectivity index (χ1) is 13.2. The number of hydrogen-bond donors (Lipinski definition) is 1. The van der Waals surface area contributed by atoms with E-state index in [0.717, 1.165) is 29.0 Å². The average molecular weight is 383 g/mol. The van der Waals surface area contributed by atoms with Gasteiger partial charge in [0.1, 0.15) is 11.3 Å². The highest BCUT2D eigenvalue weighted by Gasteiger charge is 2.13. The lowest BCUT2D eigenvalue weighted by Crippen LogP contribution is -2.24. The van der Waals surface area contributed by atoms with Crippen LogP contribution in [-0.4, -0.2) is 36.7 Å². The zero-order valence-corrected chi connectivity index (χ0v) is 15.6. The number of aryl methyl sites for hydroxylation is 1. The minimum absolute atomic E-state index is 0.0315. The van der Waals surface area contributed by atoms with E-state index in [-0.39, 0.29) is 5.91 Å². The summed E-state index contributed by atoms with van der Waals surface area (Å²) in [4.78, 5) is 11.8. The van der Waals surface area contributed by atoms with Crippen LogP contribution in [0.1, 0.15) is 25.6 Å². The maximum absolute atomic E-state index is 11.8. The fourth-order valence-electron chi connectivity index (χ4n) is 2.97. The first kappa shape index (κ1) is 17.5. The van der Waals surface area contributed by atoms with E-state index >= 15 is 0 Å². The van der Waals surface area contributed by atoms with Gasteiger partial charge in [-0.05, 0) is 24.6 Å². The van der Waals surface area contributed by atoms with Crippen molar-refractivity contribution in [2.24, 2.45) is 0 Å². The quantitative estimate of drug-likeness (QED) is 0.555. The van der Waals surface area contributed by atoms with Gasteiger partial charge in [-0.1, -0.05) is 30.7 Å². The molecule has 0 spiro atoms. The van der Waals surface area contributed by atoms with Crippen molar-refractivity contribution in [3.05, 3.63) is 53.6 Å². The summed E-state index contributed by atoms with van der Waals surface area (Å²) < 4.78 is 3.70. The maximum atomic E-state index is 11.8. The summed E-state index contributed by atoms with van der Waals surface area (Å²) in [5.41, 5.74) is 3.39. The van der Waals surface area contributed by atoms with Crippen LogP contribution in [-0.2, 0) is 11.2 Å². The topological polar surface area (TPSA) is 76.6 Å². The number of rotatable bonds is 6. The smallest absolute Gasteiger partial charge is 0.220 e. The van der Waals surface area contributed by atoms with Crippen LogP contribution in [0.5, 0.6) is 0 Å². The lowest BCUT2D eigenvalue weighted by atomic mass is 10.1. The van der Waals surface area contributed by atoms with E-state index in [0.29, 0.717) is 30.1 Å². The molecule has 0 saturated carbocycles. The van der Waals surface area contributed by atoms with Crippen molar-refractivity contribution in [3.8, 4) is 11.3 Å². The molecule has 0 unspecified atom stereocenters. The molecular weight excluding hydrogens is 364 g/mol. The second-order valence-corrected chi connectivity index (χ2v) is 6.76. The standard InChI is InChI=1S/C19H19ClN6O/c1-2-9-21-18(27)8-7-17-22-23-19-16-12-15(13-3-5-14(20)6-4-13)24-26(16)11-10-25(17)19/h3-6,10-12H,2,7-9H2,1H3,(H,21,27). The van der Waals surface area contributed by atoms with Crippen molar-refractivity contribution in [2.45, 2.75) is 26.2 Å². The Hall–Kier alpha value is -2.93. The number of hydrogen-bond acceptors (Lipinski definition) is 4. The normalized spacial score (nSPS) is 11.3. The van der Waals surface area contributed by atoms with Gasteiger partial charge in [0.2, 0.25) is 5.91 Å². The first-order valence-corrected chi connectivity index (χ1v) is 9.28. The number of benzene rings is 1. The van der Waals surface area contributed by atoms with E-state index < -0.39 is 0 Å². The van der Waals surface area contributed by atoms with Gasteiger partial charge in [0.05, 0.1) is 5.69 Å². The molecule has 3 aromatic heterocycles. The summed E-state index contributed by atoms with van der Waals surface area (Å²) in [5.74, 6) is 0.789. The SMILES string of the molecule is CCCNC(=O)CCc1nnc2c3cc(-c4ccc(Cl)cc4)nn3ccn12. The van der Waals surface area contributed by atoms with Crippen LogP contribution in [0, 0.1) is 0 Å². The predicted octanol–water partition coefficient (Wildman–Crippen LogP) is 3.16. The van der Waals surface area contributed by atoms with Gasteiger partial charge >= 0.3 is 0 Å². The molecule has 1 aromatic carbocycles. The maximum Gasteiger partial charge on any atom is 0.220 e. The van der Waals surface area contributed by atoms with E-state index in [2.05, 4.69) is 20.6 Å². The molecule has 0 aliphatic carbocycles. The average Bonchev–Trinajstić information content (AvgIpc) is 3.28. The Morgan fingerprint density at radius 1 is 1.19 bits per heavy atom. The fraction of sp³-hybridized carbons (Fsp3) is 0.263. The zero-order chi connectivity index (χ0) is 18.8. The summed E-state index contributed by atoms with van der Waals surface area (Å²) >= 11 is 5.96. The third-order valence-corrected chi connectivity index (χ3v) is 4.63. The highest BCUT2D eigenvalue weighted by Crippen LogP contribution is 2.23. The van der Waals surface area contributed by atoms with Crippen LogP contribution in [0.3, 0.4) is 0 Å². The molecule has 1 N–H and O–H groups in total. The Kier molecular flexibility index (Phi) is 4.77. The molecule has 27 heavy (non-hydrogen) atoms. The number of halogens is 1. The highest BCUT2D eigenvalue weighted by molar-refractivity contribution is 6.30. The van der Waals surface area contributed by atoms with E-state index in [4.69, 9.17) is 11.6 Å². The van der Waals surface area contributed by atoms with Crippen molar-refractivity contribution < 1.29 is 4.79 Å². The number of carbonyl (C=O) groups is 1. The van der Waals surface area contributed by atoms with E-state index in [1.807, 2.05) is 54.0 Å². The minimum Gasteiger partial charge on any atom is -0.356 e. The van der Waals surface area contributed by atoms with Crippen LogP contribution in [0.4, 0.5) is 0 Å². The highest BCUT2D eigenvalue weighted by atomic mass is 35.5. The molecular formula is C19H19ClN6O.